The van der Waals surface area contributed by atoms with E-state index in [0.29, 0.717) is 11.5 Å². The Balaban J connectivity index is 2.65. The first-order valence-electron chi connectivity index (χ1n) is 6.07. The lowest BCUT2D eigenvalue weighted by molar-refractivity contribution is 0.225. The Kier molecular flexibility index (Phi) is 5.47. The lowest BCUT2D eigenvalue weighted by Gasteiger charge is -2.23. The molecule has 0 aliphatic heterocycles. The van der Waals surface area contributed by atoms with Gasteiger partial charge in [0.1, 0.15) is 12.1 Å². The van der Waals surface area contributed by atoms with Gasteiger partial charge in [-0.15, -0.1) is 0 Å². The fourth-order valence-electron chi connectivity index (χ4n) is 1.48. The van der Waals surface area contributed by atoms with E-state index in [9.17, 15) is 5.26 Å². The first-order valence-corrected chi connectivity index (χ1v) is 6.07. The van der Waals surface area contributed by atoms with E-state index in [1.54, 1.807) is 7.11 Å². The molecule has 1 aromatic rings. The molecule has 1 unspecified atom stereocenters. The summed E-state index contributed by atoms with van der Waals surface area (Å²) in [5.74, 6) is 1.33. The van der Waals surface area contributed by atoms with Crippen LogP contribution in [0.1, 0.15) is 20.3 Å². The van der Waals surface area contributed by atoms with Gasteiger partial charge in [0, 0.05) is 0 Å². The summed E-state index contributed by atoms with van der Waals surface area (Å²) >= 11 is 0. The second kappa shape index (κ2) is 6.87. The number of benzene rings is 1. The molecule has 0 saturated heterocycles. The van der Waals surface area contributed by atoms with Crippen molar-refractivity contribution in [1.29, 1.82) is 5.26 Å². The van der Waals surface area contributed by atoms with Crippen molar-refractivity contribution in [2.24, 2.45) is 0 Å². The summed E-state index contributed by atoms with van der Waals surface area (Å²) in [7, 11) is 1.60. The van der Waals surface area contributed by atoms with E-state index in [1.807, 2.05) is 31.2 Å². The maximum atomic E-state index is 9.19. The summed E-state index contributed by atoms with van der Waals surface area (Å²) in [5.41, 5.74) is -0.684. The molecule has 98 valence electrons. The number of hydrogen-bond donors (Lipinski definition) is 1. The predicted molar refractivity (Wildman–Crippen MR) is 70.8 cm³/mol. The van der Waals surface area contributed by atoms with Crippen LogP contribution < -0.4 is 14.8 Å². The third-order valence-corrected chi connectivity index (χ3v) is 2.60. The summed E-state index contributed by atoms with van der Waals surface area (Å²) in [6.45, 7) is 4.97. The molecular weight excluding hydrogens is 228 g/mol. The molecule has 1 N–H and O–H groups in total. The molecule has 1 aromatic carbocycles. The van der Waals surface area contributed by atoms with Gasteiger partial charge in [-0.1, -0.05) is 19.1 Å². The highest BCUT2D eigenvalue weighted by Gasteiger charge is 2.24. The zero-order valence-electron chi connectivity index (χ0n) is 11.2. The minimum absolute atomic E-state index is 0.282. The van der Waals surface area contributed by atoms with Gasteiger partial charge in [0.05, 0.1) is 13.2 Å². The highest BCUT2D eigenvalue weighted by molar-refractivity contribution is 5.39. The van der Waals surface area contributed by atoms with Crippen molar-refractivity contribution < 1.29 is 9.47 Å². The maximum Gasteiger partial charge on any atom is 0.161 e. The Labute approximate surface area is 109 Å². The zero-order valence-corrected chi connectivity index (χ0v) is 11.2. The second-order valence-electron chi connectivity index (χ2n) is 4.31. The van der Waals surface area contributed by atoms with Crippen molar-refractivity contribution in [2.75, 3.05) is 20.3 Å². The number of rotatable bonds is 7. The van der Waals surface area contributed by atoms with Gasteiger partial charge in [0.15, 0.2) is 11.5 Å². The van der Waals surface area contributed by atoms with Crippen LogP contribution in [0.4, 0.5) is 0 Å². The van der Waals surface area contributed by atoms with Gasteiger partial charge in [-0.05, 0) is 32.0 Å². The lowest BCUT2D eigenvalue weighted by Crippen LogP contribution is -2.46. The maximum absolute atomic E-state index is 9.19. The highest BCUT2D eigenvalue weighted by atomic mass is 16.5. The average molecular weight is 248 g/mol. The summed E-state index contributed by atoms with van der Waals surface area (Å²) in [6, 6.07) is 9.66. The molecule has 0 amide bonds. The van der Waals surface area contributed by atoms with Crippen molar-refractivity contribution in [1.82, 2.24) is 5.32 Å². The van der Waals surface area contributed by atoms with Crippen LogP contribution >= 0.6 is 0 Å². The average Bonchev–Trinajstić information content (AvgIpc) is 2.43. The quantitative estimate of drug-likeness (QED) is 0.804. The van der Waals surface area contributed by atoms with Gasteiger partial charge in [0.2, 0.25) is 0 Å². The number of nitrogens with one attached hydrogen (secondary N) is 1. The van der Waals surface area contributed by atoms with E-state index in [4.69, 9.17) is 9.47 Å². The smallest absolute Gasteiger partial charge is 0.161 e. The molecule has 0 heterocycles. The Bertz CT molecular complexity index is 415. The summed E-state index contributed by atoms with van der Waals surface area (Å²) in [6.07, 6.45) is 0.978. The van der Waals surface area contributed by atoms with Gasteiger partial charge in [-0.3, -0.25) is 5.32 Å². The first kappa shape index (κ1) is 14.3. The minimum atomic E-state index is -0.684. The molecule has 0 fully saturated rings. The van der Waals surface area contributed by atoms with Gasteiger partial charge in [-0.25, -0.2) is 0 Å². The monoisotopic (exact) mass is 248 g/mol. The fraction of sp³-hybridized carbons (Fsp3) is 0.500. The van der Waals surface area contributed by atoms with Crippen molar-refractivity contribution >= 4 is 0 Å². The fourth-order valence-corrected chi connectivity index (χ4v) is 1.48. The topological polar surface area (TPSA) is 54.3 Å². The Morgan fingerprint density at radius 2 is 2.00 bits per heavy atom. The largest absolute Gasteiger partial charge is 0.493 e. The Morgan fingerprint density at radius 3 is 2.56 bits per heavy atom. The van der Waals surface area contributed by atoms with Crippen LogP contribution in [0.2, 0.25) is 0 Å². The van der Waals surface area contributed by atoms with Crippen LogP contribution in [0.3, 0.4) is 0 Å². The van der Waals surface area contributed by atoms with E-state index >= 15 is 0 Å². The number of methoxy groups -OCH3 is 1. The van der Waals surface area contributed by atoms with Crippen LogP contribution in [0.5, 0.6) is 11.5 Å². The number of para-hydroxylation sites is 2. The van der Waals surface area contributed by atoms with Crippen LogP contribution in [-0.2, 0) is 0 Å². The molecular formula is C14H20N2O2. The lowest BCUT2D eigenvalue weighted by atomic mass is 10.1. The van der Waals surface area contributed by atoms with Crippen molar-refractivity contribution in [3.8, 4) is 17.6 Å². The van der Waals surface area contributed by atoms with Crippen molar-refractivity contribution in [3.05, 3.63) is 24.3 Å². The van der Waals surface area contributed by atoms with E-state index in [0.717, 1.165) is 13.0 Å². The molecule has 0 saturated carbocycles. The number of hydrogen-bond acceptors (Lipinski definition) is 4. The summed E-state index contributed by atoms with van der Waals surface area (Å²) in [4.78, 5) is 0. The third-order valence-electron chi connectivity index (χ3n) is 2.60. The molecule has 0 aliphatic rings. The van der Waals surface area contributed by atoms with E-state index in [-0.39, 0.29) is 6.61 Å². The third kappa shape index (κ3) is 3.94. The van der Waals surface area contributed by atoms with Crippen molar-refractivity contribution in [3.63, 3.8) is 0 Å². The van der Waals surface area contributed by atoms with Gasteiger partial charge in [-0.2, -0.15) is 5.26 Å². The molecule has 0 aromatic heterocycles. The Hall–Kier alpha value is -1.73. The van der Waals surface area contributed by atoms with Crippen LogP contribution in [0, 0.1) is 11.3 Å². The SMILES string of the molecule is CCCNC(C)(C#N)COc1ccccc1OC. The molecule has 0 aliphatic carbocycles. The van der Waals surface area contributed by atoms with E-state index < -0.39 is 5.54 Å². The normalized spacial score (nSPS) is 13.4. The van der Waals surface area contributed by atoms with Crippen LogP contribution in [-0.4, -0.2) is 25.8 Å². The Morgan fingerprint density at radius 1 is 1.33 bits per heavy atom. The standard InChI is InChI=1S/C14H20N2O2/c1-4-9-16-14(2,10-15)11-18-13-8-6-5-7-12(13)17-3/h5-8,16H,4,9,11H2,1-3H3. The molecule has 0 radical (unpaired) electrons. The van der Waals surface area contributed by atoms with E-state index in [2.05, 4.69) is 18.3 Å². The van der Waals surface area contributed by atoms with Gasteiger partial charge < -0.3 is 9.47 Å². The number of nitriles is 1. The molecule has 4 heteroatoms. The van der Waals surface area contributed by atoms with Gasteiger partial charge in [0.25, 0.3) is 0 Å². The molecule has 1 rings (SSSR count). The molecule has 1 atom stereocenters. The summed E-state index contributed by atoms with van der Waals surface area (Å²) in [5, 5.41) is 12.4. The second-order valence-corrected chi connectivity index (χ2v) is 4.31. The molecule has 4 nitrogen and oxygen atoms in total. The molecule has 0 bridgehead atoms. The number of ether oxygens (including phenoxy) is 2. The van der Waals surface area contributed by atoms with Crippen LogP contribution in [0.25, 0.3) is 0 Å². The first-order chi connectivity index (χ1) is 8.65. The number of nitrogens with zero attached hydrogens (tertiary/aromatic N) is 1. The van der Waals surface area contributed by atoms with Crippen LogP contribution in [0.15, 0.2) is 24.3 Å². The zero-order chi connectivity index (χ0) is 13.4. The predicted octanol–water partition coefficient (Wildman–Crippen LogP) is 2.36. The van der Waals surface area contributed by atoms with E-state index in [1.165, 1.54) is 0 Å². The summed E-state index contributed by atoms with van der Waals surface area (Å²) < 4.78 is 10.9. The van der Waals surface area contributed by atoms with Crippen molar-refractivity contribution in [2.45, 2.75) is 25.8 Å². The minimum Gasteiger partial charge on any atom is -0.493 e. The van der Waals surface area contributed by atoms with Gasteiger partial charge >= 0.3 is 0 Å². The molecule has 18 heavy (non-hydrogen) atoms. The highest BCUT2D eigenvalue weighted by Crippen LogP contribution is 2.26. The molecule has 0 spiro atoms.